The van der Waals surface area contributed by atoms with Crippen LogP contribution in [0.3, 0.4) is 0 Å². The van der Waals surface area contributed by atoms with Gasteiger partial charge in [0.15, 0.2) is 0 Å². The van der Waals surface area contributed by atoms with Crippen molar-refractivity contribution in [1.29, 1.82) is 0 Å². The van der Waals surface area contributed by atoms with Crippen LogP contribution in [0.5, 0.6) is 0 Å². The van der Waals surface area contributed by atoms with Crippen LogP contribution < -0.4 is 0 Å². The Balaban J connectivity index is 2.31. The molecule has 1 atom stereocenters. The van der Waals surface area contributed by atoms with Gasteiger partial charge in [0.05, 0.1) is 0 Å². The molecule has 0 aromatic heterocycles. The highest BCUT2D eigenvalue weighted by Crippen LogP contribution is 2.27. The molecule has 70 valence electrons. The maximum atomic E-state index is 2.89. The number of rotatable bonds is 3. The van der Waals surface area contributed by atoms with Gasteiger partial charge in [0.25, 0.3) is 0 Å². The maximum absolute atomic E-state index is 2.89. The van der Waals surface area contributed by atoms with Gasteiger partial charge in [0, 0.05) is 0 Å². The average molecular weight is 184 g/mol. The lowest BCUT2D eigenvalue weighted by atomic mass is 9.89. The van der Waals surface area contributed by atoms with Gasteiger partial charge in [-0.2, -0.15) is 0 Å². The van der Waals surface area contributed by atoms with Crippen molar-refractivity contribution in [3.63, 3.8) is 0 Å². The third-order valence-electron chi connectivity index (χ3n) is 2.64. The van der Waals surface area contributed by atoms with E-state index in [4.69, 9.17) is 0 Å². The summed E-state index contributed by atoms with van der Waals surface area (Å²) in [6.07, 6.45) is 12.3. The van der Waals surface area contributed by atoms with E-state index in [2.05, 4.69) is 22.2 Å². The van der Waals surface area contributed by atoms with E-state index in [-0.39, 0.29) is 0 Å². The van der Waals surface area contributed by atoms with Crippen molar-refractivity contribution in [3.05, 3.63) is 11.4 Å². The van der Waals surface area contributed by atoms with Crippen molar-refractivity contribution in [2.24, 2.45) is 5.92 Å². The van der Waals surface area contributed by atoms with Crippen molar-refractivity contribution in [2.75, 3.05) is 0 Å². The number of hydrogen-bond acceptors (Lipinski definition) is 0. The minimum atomic E-state index is 0.901. The zero-order chi connectivity index (χ0) is 8.81. The Morgan fingerprint density at radius 2 is 2.00 bits per heavy atom. The molecule has 0 radical (unpaired) electrons. The first-order chi connectivity index (χ1) is 5.83. The van der Waals surface area contributed by atoms with E-state index in [9.17, 15) is 0 Å². The van der Waals surface area contributed by atoms with Crippen molar-refractivity contribution in [2.45, 2.75) is 51.9 Å². The Morgan fingerprint density at radius 3 is 2.58 bits per heavy atom. The SMILES string of the molecule is CCCC(P)=CC1CCCCC1. The smallest absolute Gasteiger partial charge is 0.0227 e. The van der Waals surface area contributed by atoms with Gasteiger partial charge < -0.3 is 0 Å². The van der Waals surface area contributed by atoms with Crippen LogP contribution in [0.15, 0.2) is 11.4 Å². The quantitative estimate of drug-likeness (QED) is 0.578. The highest BCUT2D eigenvalue weighted by atomic mass is 31.0. The molecule has 0 bridgehead atoms. The lowest BCUT2D eigenvalue weighted by Crippen LogP contribution is -2.03. The summed E-state index contributed by atoms with van der Waals surface area (Å²) >= 11 is 0. The molecule has 0 N–H and O–H groups in total. The minimum absolute atomic E-state index is 0.901. The second-order valence-electron chi connectivity index (χ2n) is 3.89. The van der Waals surface area contributed by atoms with Gasteiger partial charge >= 0.3 is 0 Å². The molecule has 0 saturated heterocycles. The molecular formula is C11H21P. The molecule has 0 aliphatic heterocycles. The first kappa shape index (κ1) is 10.3. The van der Waals surface area contributed by atoms with Crippen LogP contribution in [0.2, 0.25) is 0 Å². The van der Waals surface area contributed by atoms with Crippen molar-refractivity contribution < 1.29 is 0 Å². The molecule has 1 fully saturated rings. The summed E-state index contributed by atoms with van der Waals surface area (Å²) in [4.78, 5) is 0. The summed E-state index contributed by atoms with van der Waals surface area (Å²) in [6, 6.07) is 0. The van der Waals surface area contributed by atoms with Crippen LogP contribution in [0.1, 0.15) is 51.9 Å². The van der Waals surface area contributed by atoms with E-state index in [0.29, 0.717) is 0 Å². The van der Waals surface area contributed by atoms with Crippen LogP contribution >= 0.6 is 9.24 Å². The minimum Gasteiger partial charge on any atom is -0.110 e. The highest BCUT2D eigenvalue weighted by molar-refractivity contribution is 7.22. The van der Waals surface area contributed by atoms with Gasteiger partial charge in [-0.15, -0.1) is 9.24 Å². The molecule has 1 heteroatoms. The molecule has 1 aliphatic rings. The second-order valence-corrected chi connectivity index (χ2v) is 4.63. The molecule has 1 aliphatic carbocycles. The largest absolute Gasteiger partial charge is 0.110 e. The topological polar surface area (TPSA) is 0 Å². The predicted octanol–water partition coefficient (Wildman–Crippen LogP) is 4.13. The Morgan fingerprint density at radius 1 is 1.33 bits per heavy atom. The van der Waals surface area contributed by atoms with E-state index in [1.165, 1.54) is 50.3 Å². The molecule has 0 spiro atoms. The molecule has 12 heavy (non-hydrogen) atoms. The molecule has 0 aromatic rings. The molecule has 1 unspecified atom stereocenters. The number of allylic oxidation sites excluding steroid dienone is 2. The molecule has 1 rings (SSSR count). The van der Waals surface area contributed by atoms with E-state index in [0.717, 1.165) is 5.92 Å². The third-order valence-corrected chi connectivity index (χ3v) is 3.12. The van der Waals surface area contributed by atoms with Crippen LogP contribution in [0.25, 0.3) is 0 Å². The van der Waals surface area contributed by atoms with Crippen LogP contribution in [-0.2, 0) is 0 Å². The van der Waals surface area contributed by atoms with Gasteiger partial charge in [0.2, 0.25) is 0 Å². The first-order valence-corrected chi connectivity index (χ1v) is 5.87. The average Bonchev–Trinajstić information content (AvgIpc) is 2.06. The van der Waals surface area contributed by atoms with Crippen molar-refractivity contribution in [3.8, 4) is 0 Å². The van der Waals surface area contributed by atoms with Crippen LogP contribution in [0.4, 0.5) is 0 Å². The normalized spacial score (nSPS) is 21.3. The summed E-state index contributed by atoms with van der Waals surface area (Å²) in [6.45, 7) is 2.25. The second kappa shape index (κ2) is 5.75. The van der Waals surface area contributed by atoms with Gasteiger partial charge in [-0.3, -0.25) is 0 Å². The standard InChI is InChI=1S/C11H21P/c1-2-6-11(12)9-10-7-4-3-5-8-10/h9-10H,2-8,12H2,1H3. The lowest BCUT2D eigenvalue weighted by Gasteiger charge is -2.18. The predicted molar refractivity (Wildman–Crippen MR) is 59.3 cm³/mol. The van der Waals surface area contributed by atoms with Crippen molar-refractivity contribution >= 4 is 9.24 Å². The molecule has 0 aromatic carbocycles. The molecule has 1 saturated carbocycles. The fourth-order valence-corrected chi connectivity index (χ4v) is 2.54. The summed E-state index contributed by atoms with van der Waals surface area (Å²) in [5.74, 6) is 0.901. The maximum Gasteiger partial charge on any atom is -0.0227 e. The summed E-state index contributed by atoms with van der Waals surface area (Å²) in [5.41, 5.74) is 0. The Kier molecular flexibility index (Phi) is 4.92. The van der Waals surface area contributed by atoms with Crippen LogP contribution in [0, 0.1) is 5.92 Å². The van der Waals surface area contributed by atoms with Crippen molar-refractivity contribution in [1.82, 2.24) is 0 Å². The highest BCUT2D eigenvalue weighted by Gasteiger charge is 2.10. The molecule has 0 nitrogen and oxygen atoms in total. The summed E-state index contributed by atoms with van der Waals surface area (Å²) < 4.78 is 0. The summed E-state index contributed by atoms with van der Waals surface area (Å²) in [7, 11) is 2.89. The zero-order valence-electron chi connectivity index (χ0n) is 8.18. The fourth-order valence-electron chi connectivity index (χ4n) is 1.98. The monoisotopic (exact) mass is 184 g/mol. The summed E-state index contributed by atoms with van der Waals surface area (Å²) in [5, 5.41) is 1.53. The van der Waals surface area contributed by atoms with E-state index in [1.807, 2.05) is 0 Å². The Hall–Kier alpha value is 0.170. The molecule has 0 amide bonds. The zero-order valence-corrected chi connectivity index (χ0v) is 9.34. The van der Waals surface area contributed by atoms with E-state index < -0.39 is 0 Å². The van der Waals surface area contributed by atoms with Crippen LogP contribution in [-0.4, -0.2) is 0 Å². The van der Waals surface area contributed by atoms with Gasteiger partial charge in [-0.25, -0.2) is 0 Å². The Bertz CT molecular complexity index is 143. The van der Waals surface area contributed by atoms with Gasteiger partial charge in [-0.05, 0) is 25.2 Å². The molecule has 0 heterocycles. The van der Waals surface area contributed by atoms with E-state index >= 15 is 0 Å². The fraction of sp³-hybridized carbons (Fsp3) is 0.818. The van der Waals surface area contributed by atoms with E-state index in [1.54, 1.807) is 0 Å². The van der Waals surface area contributed by atoms with Gasteiger partial charge in [0.1, 0.15) is 0 Å². The third kappa shape index (κ3) is 3.72. The van der Waals surface area contributed by atoms with Gasteiger partial charge in [-0.1, -0.05) is 44.0 Å². The number of hydrogen-bond donors (Lipinski definition) is 0. The molecular weight excluding hydrogens is 163 g/mol. The Labute approximate surface area is 79.0 Å². The lowest BCUT2D eigenvalue weighted by molar-refractivity contribution is 0.418. The first-order valence-electron chi connectivity index (χ1n) is 5.29.